The van der Waals surface area contributed by atoms with E-state index < -0.39 is 35.4 Å². The minimum absolute atomic E-state index is 0.227. The quantitative estimate of drug-likeness (QED) is 0.912. The molecule has 5 nitrogen and oxygen atoms in total. The number of aliphatic carboxylic acids is 1. The fourth-order valence-corrected chi connectivity index (χ4v) is 2.72. The molecule has 1 fully saturated rings. The molecule has 0 bridgehead atoms. The van der Waals surface area contributed by atoms with Crippen LogP contribution in [0.2, 0.25) is 0 Å². The number of rotatable bonds is 2. The van der Waals surface area contributed by atoms with Crippen LogP contribution in [0.15, 0.2) is 24.3 Å². The average molecular weight is 309 g/mol. The minimum atomic E-state index is -1.16. The van der Waals surface area contributed by atoms with Gasteiger partial charge >= 0.3 is 12.1 Å². The summed E-state index contributed by atoms with van der Waals surface area (Å²) in [5.41, 5.74) is -0.392. The molecule has 0 aromatic heterocycles. The maximum Gasteiger partial charge on any atom is 0.411 e. The zero-order valence-electron chi connectivity index (χ0n) is 12.9. The molecule has 1 amide bonds. The summed E-state index contributed by atoms with van der Waals surface area (Å²) in [5, 5.41) is 9.48. The van der Waals surface area contributed by atoms with Gasteiger partial charge in [0.2, 0.25) is 0 Å². The van der Waals surface area contributed by atoms with Crippen molar-refractivity contribution in [2.75, 3.05) is 6.54 Å². The first kappa shape index (κ1) is 16.3. The number of nitrogens with zero attached hydrogens (tertiary/aromatic N) is 1. The predicted octanol–water partition coefficient (Wildman–Crippen LogP) is 3.00. The van der Waals surface area contributed by atoms with E-state index in [0.29, 0.717) is 12.0 Å². The number of hydrogen-bond acceptors (Lipinski definition) is 3. The number of likely N-dealkylation sites (tertiary alicyclic amines) is 1. The molecule has 1 heterocycles. The molecular formula is C16H20FNO4. The summed E-state index contributed by atoms with van der Waals surface area (Å²) >= 11 is 0. The third-order valence-corrected chi connectivity index (χ3v) is 3.58. The Hall–Kier alpha value is -2.11. The highest BCUT2D eigenvalue weighted by Gasteiger charge is 2.44. The predicted molar refractivity (Wildman–Crippen MR) is 78.1 cm³/mol. The van der Waals surface area contributed by atoms with Gasteiger partial charge in [0.05, 0.1) is 0 Å². The maximum absolute atomic E-state index is 13.9. The van der Waals surface area contributed by atoms with E-state index >= 15 is 0 Å². The summed E-state index contributed by atoms with van der Waals surface area (Å²) < 4.78 is 19.2. The largest absolute Gasteiger partial charge is 0.480 e. The van der Waals surface area contributed by atoms with Crippen LogP contribution >= 0.6 is 0 Å². The van der Waals surface area contributed by atoms with Crippen molar-refractivity contribution in [1.29, 1.82) is 0 Å². The zero-order valence-corrected chi connectivity index (χ0v) is 12.9. The van der Waals surface area contributed by atoms with Gasteiger partial charge in [-0.25, -0.2) is 14.0 Å². The highest BCUT2D eigenvalue weighted by molar-refractivity contribution is 5.82. The van der Waals surface area contributed by atoms with Gasteiger partial charge in [-0.05, 0) is 38.8 Å². The van der Waals surface area contributed by atoms with Crippen LogP contribution in [0.4, 0.5) is 9.18 Å². The Morgan fingerprint density at radius 1 is 1.32 bits per heavy atom. The van der Waals surface area contributed by atoms with Gasteiger partial charge in [0.25, 0.3) is 0 Å². The van der Waals surface area contributed by atoms with Crippen molar-refractivity contribution in [2.45, 2.75) is 44.8 Å². The van der Waals surface area contributed by atoms with Gasteiger partial charge in [-0.15, -0.1) is 0 Å². The van der Waals surface area contributed by atoms with Gasteiger partial charge in [-0.1, -0.05) is 18.2 Å². The summed E-state index contributed by atoms with van der Waals surface area (Å²) in [6, 6.07) is 4.95. The summed E-state index contributed by atoms with van der Waals surface area (Å²) in [6.07, 6.45) is -0.296. The van der Waals surface area contributed by atoms with Crippen LogP contribution in [0.3, 0.4) is 0 Å². The maximum atomic E-state index is 13.9. The molecular weight excluding hydrogens is 289 g/mol. The van der Waals surface area contributed by atoms with Gasteiger partial charge in [-0.3, -0.25) is 4.90 Å². The molecule has 0 aliphatic carbocycles. The molecule has 120 valence electrons. The van der Waals surface area contributed by atoms with Gasteiger partial charge < -0.3 is 9.84 Å². The standard InChI is InChI=1S/C16H20FNO4/c1-16(2,3)22-15(21)18-9-8-11(13(18)14(19)20)10-6-4-5-7-12(10)17/h4-7,11,13H,8-9H2,1-3H3,(H,19,20)/t11-,13-/m0/s1. The normalized spacial score (nSPS) is 21.7. The number of carbonyl (C=O) groups excluding carboxylic acids is 1. The third-order valence-electron chi connectivity index (χ3n) is 3.58. The van der Waals surface area contributed by atoms with Crippen molar-refractivity contribution >= 4 is 12.1 Å². The molecule has 2 rings (SSSR count). The first-order chi connectivity index (χ1) is 10.2. The molecule has 1 aliphatic rings. The van der Waals surface area contributed by atoms with E-state index in [4.69, 9.17) is 4.74 Å². The van der Waals surface area contributed by atoms with Crippen molar-refractivity contribution < 1.29 is 23.8 Å². The van der Waals surface area contributed by atoms with Gasteiger partial charge in [0.1, 0.15) is 17.5 Å². The van der Waals surface area contributed by atoms with Crippen LogP contribution in [-0.4, -0.2) is 40.3 Å². The third kappa shape index (κ3) is 3.37. The van der Waals surface area contributed by atoms with Crippen LogP contribution in [0.5, 0.6) is 0 Å². The SMILES string of the molecule is CC(C)(C)OC(=O)N1CC[C@@H](c2ccccc2F)[C@H]1C(=O)O. The van der Waals surface area contributed by atoms with E-state index in [-0.39, 0.29) is 6.54 Å². The number of benzene rings is 1. The summed E-state index contributed by atoms with van der Waals surface area (Å²) in [7, 11) is 0. The monoisotopic (exact) mass is 309 g/mol. The van der Waals surface area contributed by atoms with Crippen molar-refractivity contribution in [3.05, 3.63) is 35.6 Å². The number of carboxylic acid groups (broad SMARTS) is 1. The molecule has 1 aliphatic heterocycles. The van der Waals surface area contributed by atoms with Gasteiger partial charge in [-0.2, -0.15) is 0 Å². The number of halogens is 1. The van der Waals surface area contributed by atoms with Crippen LogP contribution in [-0.2, 0) is 9.53 Å². The second-order valence-electron chi connectivity index (χ2n) is 6.37. The lowest BCUT2D eigenvalue weighted by atomic mass is 9.91. The van der Waals surface area contributed by atoms with Crippen molar-refractivity contribution in [3.63, 3.8) is 0 Å². The Morgan fingerprint density at radius 2 is 1.95 bits per heavy atom. The number of ether oxygens (including phenoxy) is 1. The van der Waals surface area contributed by atoms with E-state index in [1.54, 1.807) is 39.0 Å². The lowest BCUT2D eigenvalue weighted by Gasteiger charge is -2.28. The zero-order chi connectivity index (χ0) is 16.5. The van der Waals surface area contributed by atoms with Crippen molar-refractivity contribution in [3.8, 4) is 0 Å². The molecule has 2 atom stereocenters. The molecule has 22 heavy (non-hydrogen) atoms. The fraction of sp³-hybridized carbons (Fsp3) is 0.500. The molecule has 6 heteroatoms. The Bertz CT molecular complexity index is 582. The van der Waals surface area contributed by atoms with Crippen LogP contribution < -0.4 is 0 Å². The lowest BCUT2D eigenvalue weighted by molar-refractivity contribution is -0.142. The molecule has 1 saturated heterocycles. The van der Waals surface area contributed by atoms with E-state index in [1.807, 2.05) is 0 Å². The lowest BCUT2D eigenvalue weighted by Crippen LogP contribution is -2.45. The first-order valence-corrected chi connectivity index (χ1v) is 7.17. The first-order valence-electron chi connectivity index (χ1n) is 7.17. The average Bonchev–Trinajstić information content (AvgIpc) is 2.82. The number of hydrogen-bond donors (Lipinski definition) is 1. The summed E-state index contributed by atoms with van der Waals surface area (Å²) in [4.78, 5) is 25.0. The molecule has 0 radical (unpaired) electrons. The number of amides is 1. The van der Waals surface area contributed by atoms with E-state index in [9.17, 15) is 19.1 Å². The Kier molecular flexibility index (Phi) is 4.39. The van der Waals surface area contributed by atoms with Crippen LogP contribution in [0.1, 0.15) is 38.7 Å². The summed E-state index contributed by atoms with van der Waals surface area (Å²) in [6.45, 7) is 5.37. The molecule has 1 N–H and O–H groups in total. The summed E-state index contributed by atoms with van der Waals surface area (Å²) in [5.74, 6) is -2.19. The Labute approximate surface area is 128 Å². The Balaban J connectivity index is 2.27. The van der Waals surface area contributed by atoms with Crippen LogP contribution in [0, 0.1) is 5.82 Å². The number of carboxylic acids is 1. The van der Waals surface area contributed by atoms with Crippen molar-refractivity contribution in [1.82, 2.24) is 4.90 Å². The fourth-order valence-electron chi connectivity index (χ4n) is 2.72. The molecule has 0 unspecified atom stereocenters. The molecule has 1 aromatic rings. The molecule has 1 aromatic carbocycles. The smallest absolute Gasteiger partial charge is 0.411 e. The second-order valence-corrected chi connectivity index (χ2v) is 6.37. The van der Waals surface area contributed by atoms with Gasteiger partial charge in [0, 0.05) is 12.5 Å². The topological polar surface area (TPSA) is 66.8 Å². The van der Waals surface area contributed by atoms with E-state index in [0.717, 1.165) is 0 Å². The molecule has 0 saturated carbocycles. The highest BCUT2D eigenvalue weighted by Crippen LogP contribution is 2.35. The van der Waals surface area contributed by atoms with Crippen molar-refractivity contribution in [2.24, 2.45) is 0 Å². The van der Waals surface area contributed by atoms with Gasteiger partial charge in [0.15, 0.2) is 0 Å². The van der Waals surface area contributed by atoms with Crippen LogP contribution in [0.25, 0.3) is 0 Å². The molecule has 0 spiro atoms. The Morgan fingerprint density at radius 3 is 2.50 bits per heavy atom. The second kappa shape index (κ2) is 5.94. The number of carbonyl (C=O) groups is 2. The minimum Gasteiger partial charge on any atom is -0.480 e. The van der Waals surface area contributed by atoms with E-state index in [2.05, 4.69) is 0 Å². The van der Waals surface area contributed by atoms with E-state index in [1.165, 1.54) is 11.0 Å². The highest BCUT2D eigenvalue weighted by atomic mass is 19.1.